The molecule has 0 atom stereocenters. The number of rotatable bonds is 5. The fourth-order valence-corrected chi connectivity index (χ4v) is 5.02. The van der Waals surface area contributed by atoms with E-state index in [0.717, 1.165) is 46.6 Å². The first-order valence-electron chi connectivity index (χ1n) is 11.3. The van der Waals surface area contributed by atoms with Crippen LogP contribution in [0.2, 0.25) is 0 Å². The van der Waals surface area contributed by atoms with Crippen LogP contribution in [0.5, 0.6) is 0 Å². The van der Waals surface area contributed by atoms with Gasteiger partial charge in [0.05, 0.1) is 6.20 Å². The Hall–Kier alpha value is -3.65. The molecule has 1 saturated carbocycles. The maximum atomic E-state index is 14.7. The number of carbonyl (C=O) groups excluding carboxylic acids is 1. The summed E-state index contributed by atoms with van der Waals surface area (Å²) in [7, 11) is -3.69. The topological polar surface area (TPSA) is 89.0 Å². The van der Waals surface area contributed by atoms with E-state index in [9.17, 15) is 17.6 Å². The van der Waals surface area contributed by atoms with Gasteiger partial charge in [0.25, 0.3) is 5.91 Å². The van der Waals surface area contributed by atoms with E-state index < -0.39 is 15.7 Å². The molecule has 1 aliphatic rings. The second kappa shape index (κ2) is 8.53. The Balaban J connectivity index is 1.58. The van der Waals surface area contributed by atoms with Crippen LogP contribution in [-0.2, 0) is 9.84 Å². The molecule has 0 unspecified atom stereocenters. The first kappa shape index (κ1) is 23.1. The summed E-state index contributed by atoms with van der Waals surface area (Å²) in [4.78, 5) is 12.2. The zero-order valence-electron chi connectivity index (χ0n) is 19.6. The number of halogens is 1. The molecule has 1 aromatic heterocycles. The monoisotopic (exact) mass is 489 g/mol. The number of sulfone groups is 1. The fourth-order valence-electron chi connectivity index (χ4n) is 4.22. The van der Waals surface area contributed by atoms with Gasteiger partial charge in [0.15, 0.2) is 9.84 Å². The van der Waals surface area contributed by atoms with E-state index in [2.05, 4.69) is 15.5 Å². The Bertz CT molecular complexity index is 1610. The van der Waals surface area contributed by atoms with Gasteiger partial charge in [0.2, 0.25) is 0 Å². The van der Waals surface area contributed by atoms with Crippen molar-refractivity contribution in [2.45, 2.75) is 37.6 Å². The summed E-state index contributed by atoms with van der Waals surface area (Å²) in [6.07, 6.45) is 4.67. The molecule has 1 N–H and O–H groups in total. The van der Waals surface area contributed by atoms with E-state index in [0.29, 0.717) is 22.4 Å². The summed E-state index contributed by atoms with van der Waals surface area (Å²) in [5, 5.41) is 12.9. The number of nitrogens with zero attached hydrogens (tertiary/aromatic N) is 2. The standard InChI is InChI=1S/C27H24FN3O3S/c1-15-4-5-18(27(32)30-20-7-8-20)12-22(15)17-6-9-21-19(11-17)14-29-31-26(21)23-13-24(28)25(10-16(23)2)35(3,33)34/h4-6,9-14,20H,7-8H2,1-3H3,(H,30,32). The Morgan fingerprint density at radius 1 is 1.00 bits per heavy atom. The number of carbonyl (C=O) groups is 1. The van der Waals surface area contributed by atoms with E-state index in [4.69, 9.17) is 0 Å². The molecule has 0 saturated heterocycles. The molecule has 1 aliphatic carbocycles. The highest BCUT2D eigenvalue weighted by Crippen LogP contribution is 2.34. The van der Waals surface area contributed by atoms with E-state index in [-0.39, 0.29) is 16.8 Å². The molecule has 3 aromatic carbocycles. The van der Waals surface area contributed by atoms with E-state index >= 15 is 0 Å². The van der Waals surface area contributed by atoms with Crippen molar-refractivity contribution in [1.29, 1.82) is 0 Å². The van der Waals surface area contributed by atoms with Crippen LogP contribution in [0.25, 0.3) is 33.2 Å². The Morgan fingerprint density at radius 3 is 2.49 bits per heavy atom. The minimum Gasteiger partial charge on any atom is -0.349 e. The van der Waals surface area contributed by atoms with Gasteiger partial charge < -0.3 is 5.32 Å². The second-order valence-electron chi connectivity index (χ2n) is 9.14. The summed E-state index contributed by atoms with van der Waals surface area (Å²) in [5.41, 5.74) is 5.05. The SMILES string of the molecule is Cc1ccc(C(=O)NC2CC2)cc1-c1ccc2c(-c3cc(F)c(S(C)(=O)=O)cc3C)nncc2c1. The lowest BCUT2D eigenvalue weighted by Crippen LogP contribution is -2.25. The molecule has 1 fully saturated rings. The number of amides is 1. The highest BCUT2D eigenvalue weighted by molar-refractivity contribution is 7.90. The number of aryl methyl sites for hydroxylation is 2. The van der Waals surface area contributed by atoms with E-state index in [1.165, 1.54) is 12.1 Å². The van der Waals surface area contributed by atoms with Crippen LogP contribution in [0.1, 0.15) is 34.3 Å². The van der Waals surface area contributed by atoms with Gasteiger partial charge in [-0.25, -0.2) is 12.8 Å². The molecule has 35 heavy (non-hydrogen) atoms. The molecule has 0 aliphatic heterocycles. The first-order valence-corrected chi connectivity index (χ1v) is 13.2. The fraction of sp³-hybridized carbons (Fsp3) is 0.222. The van der Waals surface area contributed by atoms with Crippen molar-refractivity contribution in [1.82, 2.24) is 15.5 Å². The molecule has 1 heterocycles. The minimum atomic E-state index is -3.69. The molecule has 4 aromatic rings. The van der Waals surface area contributed by atoms with Gasteiger partial charge in [-0.05, 0) is 79.3 Å². The summed E-state index contributed by atoms with van der Waals surface area (Å²) < 4.78 is 38.5. The lowest BCUT2D eigenvalue weighted by molar-refractivity contribution is 0.0951. The molecule has 1 amide bonds. The number of nitrogens with one attached hydrogen (secondary N) is 1. The van der Waals surface area contributed by atoms with Gasteiger partial charge in [0, 0.05) is 34.2 Å². The van der Waals surface area contributed by atoms with Gasteiger partial charge in [-0.15, -0.1) is 5.10 Å². The summed E-state index contributed by atoms with van der Waals surface area (Å²) >= 11 is 0. The quantitative estimate of drug-likeness (QED) is 0.425. The number of hydrogen-bond acceptors (Lipinski definition) is 5. The minimum absolute atomic E-state index is 0.0715. The number of benzene rings is 3. The molecule has 178 valence electrons. The molecule has 8 heteroatoms. The Kier molecular flexibility index (Phi) is 5.63. The van der Waals surface area contributed by atoms with Gasteiger partial charge in [-0.3, -0.25) is 4.79 Å². The Morgan fingerprint density at radius 2 is 1.77 bits per heavy atom. The zero-order chi connectivity index (χ0) is 24.9. The largest absolute Gasteiger partial charge is 0.349 e. The van der Waals surface area contributed by atoms with Crippen LogP contribution in [0.4, 0.5) is 4.39 Å². The molecule has 0 radical (unpaired) electrons. The predicted molar refractivity (Wildman–Crippen MR) is 133 cm³/mol. The van der Waals surface area contributed by atoms with Crippen molar-refractivity contribution in [2.75, 3.05) is 6.26 Å². The first-order chi connectivity index (χ1) is 16.6. The van der Waals surface area contributed by atoms with E-state index in [1.54, 1.807) is 13.1 Å². The zero-order valence-corrected chi connectivity index (χ0v) is 20.4. The molecular formula is C27H24FN3O3S. The number of fused-ring (bicyclic) bond motifs is 1. The lowest BCUT2D eigenvalue weighted by Gasteiger charge is -2.13. The third-order valence-corrected chi connectivity index (χ3v) is 7.43. The maximum absolute atomic E-state index is 14.7. The average Bonchev–Trinajstić information content (AvgIpc) is 3.63. The highest BCUT2D eigenvalue weighted by atomic mass is 32.2. The van der Waals surface area contributed by atoms with Gasteiger partial charge in [-0.2, -0.15) is 5.10 Å². The second-order valence-corrected chi connectivity index (χ2v) is 11.1. The van der Waals surface area contributed by atoms with Crippen LogP contribution in [0, 0.1) is 19.7 Å². The van der Waals surface area contributed by atoms with Crippen LogP contribution in [0.3, 0.4) is 0 Å². The van der Waals surface area contributed by atoms with Crippen molar-refractivity contribution in [3.8, 4) is 22.4 Å². The van der Waals surface area contributed by atoms with Crippen LogP contribution in [-0.4, -0.2) is 36.8 Å². The number of aromatic nitrogens is 2. The predicted octanol–water partition coefficient (Wildman–Crippen LogP) is 5.02. The van der Waals surface area contributed by atoms with Crippen LogP contribution < -0.4 is 5.32 Å². The van der Waals surface area contributed by atoms with Gasteiger partial charge >= 0.3 is 0 Å². The highest BCUT2D eigenvalue weighted by Gasteiger charge is 2.24. The smallest absolute Gasteiger partial charge is 0.251 e. The van der Waals surface area contributed by atoms with Crippen molar-refractivity contribution >= 4 is 26.5 Å². The van der Waals surface area contributed by atoms with Crippen molar-refractivity contribution in [3.05, 3.63) is 77.2 Å². The molecule has 0 bridgehead atoms. The lowest BCUT2D eigenvalue weighted by atomic mass is 9.94. The normalized spacial score (nSPS) is 13.7. The average molecular weight is 490 g/mol. The Labute approximate surface area is 203 Å². The summed E-state index contributed by atoms with van der Waals surface area (Å²) in [6, 6.07) is 14.3. The third-order valence-electron chi connectivity index (χ3n) is 6.32. The summed E-state index contributed by atoms with van der Waals surface area (Å²) in [6.45, 7) is 3.72. The van der Waals surface area contributed by atoms with Gasteiger partial charge in [-0.1, -0.05) is 18.2 Å². The van der Waals surface area contributed by atoms with Crippen LogP contribution in [0.15, 0.2) is 59.6 Å². The van der Waals surface area contributed by atoms with Crippen LogP contribution >= 0.6 is 0 Å². The third kappa shape index (κ3) is 4.53. The molecule has 5 rings (SSSR count). The van der Waals surface area contributed by atoms with Crippen molar-refractivity contribution in [3.63, 3.8) is 0 Å². The number of hydrogen-bond donors (Lipinski definition) is 1. The van der Waals surface area contributed by atoms with Crippen molar-refractivity contribution in [2.24, 2.45) is 0 Å². The molecule has 0 spiro atoms. The molecular weight excluding hydrogens is 465 g/mol. The van der Waals surface area contributed by atoms with E-state index in [1.807, 2.05) is 43.3 Å². The summed E-state index contributed by atoms with van der Waals surface area (Å²) in [5.74, 6) is -0.891. The maximum Gasteiger partial charge on any atom is 0.251 e. The molecule has 6 nitrogen and oxygen atoms in total. The van der Waals surface area contributed by atoms with Crippen molar-refractivity contribution < 1.29 is 17.6 Å². The van der Waals surface area contributed by atoms with Gasteiger partial charge in [0.1, 0.15) is 16.4 Å².